The van der Waals surface area contributed by atoms with Gasteiger partial charge >= 0.3 is 0 Å². The van der Waals surface area contributed by atoms with Crippen LogP contribution in [0.3, 0.4) is 0 Å². The molecule has 1 saturated heterocycles. The van der Waals surface area contributed by atoms with E-state index in [1.807, 2.05) is 0 Å². The topological polar surface area (TPSA) is 52.6 Å². The van der Waals surface area contributed by atoms with Gasteiger partial charge in [0.25, 0.3) is 0 Å². The number of hydrogen-bond donors (Lipinski definition) is 2. The monoisotopic (exact) mass is 280 g/mol. The van der Waals surface area contributed by atoms with Crippen molar-refractivity contribution in [2.75, 3.05) is 19.6 Å². The summed E-state index contributed by atoms with van der Waals surface area (Å²) in [4.78, 5) is 14.4. The average Bonchev–Trinajstić information content (AvgIpc) is 3.18. The normalized spacial score (nSPS) is 35.1. The zero-order valence-electron chi connectivity index (χ0n) is 12.4. The lowest BCUT2D eigenvalue weighted by Gasteiger charge is -2.40. The Morgan fingerprint density at radius 1 is 1.10 bits per heavy atom. The molecule has 3 fully saturated rings. The van der Waals surface area contributed by atoms with Crippen molar-refractivity contribution in [2.24, 2.45) is 11.8 Å². The van der Waals surface area contributed by atoms with Crippen molar-refractivity contribution in [3.8, 4) is 0 Å². The lowest BCUT2D eigenvalue weighted by molar-refractivity contribution is -0.123. The predicted octanol–water partition coefficient (Wildman–Crippen LogP) is 1.53. The van der Waals surface area contributed by atoms with Crippen LogP contribution in [-0.2, 0) is 4.79 Å². The van der Waals surface area contributed by atoms with Gasteiger partial charge in [-0.25, -0.2) is 0 Å². The quantitative estimate of drug-likeness (QED) is 0.803. The van der Waals surface area contributed by atoms with Gasteiger partial charge in [-0.15, -0.1) is 0 Å². The summed E-state index contributed by atoms with van der Waals surface area (Å²) in [7, 11) is 0. The Kier molecular flexibility index (Phi) is 4.61. The number of aliphatic hydroxyl groups is 1. The molecule has 0 aromatic rings. The Balaban J connectivity index is 1.52. The zero-order valence-corrected chi connectivity index (χ0v) is 12.4. The summed E-state index contributed by atoms with van der Waals surface area (Å²) < 4.78 is 0. The van der Waals surface area contributed by atoms with Crippen LogP contribution in [0.1, 0.15) is 51.4 Å². The number of nitrogens with zero attached hydrogens (tertiary/aromatic N) is 1. The smallest absolute Gasteiger partial charge is 0.234 e. The van der Waals surface area contributed by atoms with Crippen molar-refractivity contribution in [3.63, 3.8) is 0 Å². The van der Waals surface area contributed by atoms with Gasteiger partial charge in [-0.3, -0.25) is 9.69 Å². The highest BCUT2D eigenvalue weighted by molar-refractivity contribution is 5.78. The Bertz CT molecular complexity index is 343. The highest BCUT2D eigenvalue weighted by Gasteiger charge is 2.37. The fourth-order valence-electron chi connectivity index (χ4n) is 3.94. The summed E-state index contributed by atoms with van der Waals surface area (Å²) in [6.45, 7) is 2.41. The summed E-state index contributed by atoms with van der Waals surface area (Å²) in [5.74, 6) is 1.32. The van der Waals surface area contributed by atoms with Crippen molar-refractivity contribution in [1.29, 1.82) is 0 Å². The number of carbonyl (C=O) groups excluding carboxylic acids is 1. The maximum atomic E-state index is 12.1. The first-order valence-corrected chi connectivity index (χ1v) is 8.43. The predicted molar refractivity (Wildman–Crippen MR) is 78.3 cm³/mol. The maximum absolute atomic E-state index is 12.1. The highest BCUT2D eigenvalue weighted by Crippen LogP contribution is 2.35. The Morgan fingerprint density at radius 2 is 1.95 bits per heavy atom. The minimum atomic E-state index is -0.143. The molecule has 0 aromatic carbocycles. The van der Waals surface area contributed by atoms with Gasteiger partial charge in [-0.2, -0.15) is 0 Å². The molecule has 4 heteroatoms. The molecule has 3 atom stereocenters. The molecular weight excluding hydrogens is 252 g/mol. The molecule has 2 N–H and O–H groups in total. The van der Waals surface area contributed by atoms with E-state index in [1.165, 1.54) is 25.7 Å². The van der Waals surface area contributed by atoms with E-state index >= 15 is 0 Å². The van der Waals surface area contributed by atoms with Gasteiger partial charge in [-0.05, 0) is 51.0 Å². The molecule has 0 aromatic heterocycles. The fourth-order valence-corrected chi connectivity index (χ4v) is 3.94. The van der Waals surface area contributed by atoms with Gasteiger partial charge in [0, 0.05) is 18.5 Å². The molecule has 3 aliphatic rings. The van der Waals surface area contributed by atoms with Crippen molar-refractivity contribution in [3.05, 3.63) is 0 Å². The van der Waals surface area contributed by atoms with Gasteiger partial charge in [0.05, 0.1) is 12.6 Å². The summed E-state index contributed by atoms with van der Waals surface area (Å²) >= 11 is 0. The summed E-state index contributed by atoms with van der Waals surface area (Å²) in [5, 5.41) is 13.2. The third kappa shape index (κ3) is 3.53. The maximum Gasteiger partial charge on any atom is 0.234 e. The van der Waals surface area contributed by atoms with E-state index in [2.05, 4.69) is 10.2 Å². The number of piperidine rings is 1. The summed E-state index contributed by atoms with van der Waals surface area (Å²) in [5.41, 5.74) is 0. The molecule has 114 valence electrons. The number of carbonyl (C=O) groups is 1. The molecule has 3 unspecified atom stereocenters. The molecule has 2 aliphatic carbocycles. The van der Waals surface area contributed by atoms with Crippen LogP contribution in [0.2, 0.25) is 0 Å². The van der Waals surface area contributed by atoms with Crippen LogP contribution < -0.4 is 5.32 Å². The van der Waals surface area contributed by atoms with Crippen molar-refractivity contribution < 1.29 is 9.90 Å². The fraction of sp³-hybridized carbons (Fsp3) is 0.938. The molecule has 1 aliphatic heterocycles. The second-order valence-corrected chi connectivity index (χ2v) is 6.94. The second-order valence-electron chi connectivity index (χ2n) is 6.94. The van der Waals surface area contributed by atoms with Gasteiger partial charge in [0.15, 0.2) is 0 Å². The summed E-state index contributed by atoms with van der Waals surface area (Å²) in [6, 6.07) is 0.424. The molecule has 0 radical (unpaired) electrons. The van der Waals surface area contributed by atoms with Crippen LogP contribution in [-0.4, -0.2) is 47.7 Å². The lowest BCUT2D eigenvalue weighted by atomic mass is 9.88. The van der Waals surface area contributed by atoms with E-state index in [4.69, 9.17) is 0 Å². The third-order valence-corrected chi connectivity index (χ3v) is 5.32. The van der Waals surface area contributed by atoms with E-state index in [9.17, 15) is 9.90 Å². The number of likely N-dealkylation sites (tertiary alicyclic amines) is 1. The molecular formula is C16H28N2O2. The average molecular weight is 280 g/mol. The number of amides is 1. The molecule has 2 saturated carbocycles. The molecule has 1 amide bonds. The molecule has 1 heterocycles. The number of hydrogen-bond acceptors (Lipinski definition) is 3. The molecule has 3 rings (SSSR count). The number of nitrogens with one attached hydrogen (secondary N) is 1. The van der Waals surface area contributed by atoms with Gasteiger partial charge in [-0.1, -0.05) is 12.8 Å². The Hall–Kier alpha value is -0.610. The minimum absolute atomic E-state index is 0.143. The number of rotatable bonds is 5. The van der Waals surface area contributed by atoms with Crippen LogP contribution in [0, 0.1) is 11.8 Å². The first-order valence-electron chi connectivity index (χ1n) is 8.43. The minimum Gasteiger partial charge on any atom is -0.393 e. The van der Waals surface area contributed by atoms with Crippen LogP contribution >= 0.6 is 0 Å². The first-order chi connectivity index (χ1) is 9.74. The van der Waals surface area contributed by atoms with E-state index in [0.717, 1.165) is 44.7 Å². The van der Waals surface area contributed by atoms with E-state index < -0.39 is 0 Å². The summed E-state index contributed by atoms with van der Waals surface area (Å²) in [6.07, 6.45) is 9.22. The van der Waals surface area contributed by atoms with Gasteiger partial charge in [0.2, 0.25) is 5.91 Å². The molecule has 0 spiro atoms. The van der Waals surface area contributed by atoms with E-state index in [1.54, 1.807) is 0 Å². The standard InChI is InChI=1S/C16H28N2O2/c19-15-6-3-4-13(15)14-5-1-2-9-18(14)11-16(20)17-10-12-7-8-12/h12-15,19H,1-11H2,(H,17,20). The lowest BCUT2D eigenvalue weighted by Crippen LogP contribution is -2.50. The number of aliphatic hydroxyl groups excluding tert-OH is 1. The Morgan fingerprint density at radius 3 is 2.65 bits per heavy atom. The first kappa shape index (κ1) is 14.3. The van der Waals surface area contributed by atoms with Crippen LogP contribution in [0.25, 0.3) is 0 Å². The van der Waals surface area contributed by atoms with Crippen LogP contribution in [0.5, 0.6) is 0 Å². The van der Waals surface area contributed by atoms with Crippen LogP contribution in [0.4, 0.5) is 0 Å². The zero-order chi connectivity index (χ0) is 13.9. The van der Waals surface area contributed by atoms with Crippen molar-refractivity contribution in [1.82, 2.24) is 10.2 Å². The van der Waals surface area contributed by atoms with Crippen molar-refractivity contribution >= 4 is 5.91 Å². The molecule has 4 nitrogen and oxygen atoms in total. The van der Waals surface area contributed by atoms with Gasteiger partial charge < -0.3 is 10.4 Å². The highest BCUT2D eigenvalue weighted by atomic mass is 16.3. The van der Waals surface area contributed by atoms with E-state index in [-0.39, 0.29) is 12.0 Å². The molecule has 0 bridgehead atoms. The third-order valence-electron chi connectivity index (χ3n) is 5.32. The van der Waals surface area contributed by atoms with Crippen molar-refractivity contribution in [2.45, 2.75) is 63.5 Å². The molecule has 20 heavy (non-hydrogen) atoms. The largest absolute Gasteiger partial charge is 0.393 e. The second kappa shape index (κ2) is 6.44. The van der Waals surface area contributed by atoms with Gasteiger partial charge in [0.1, 0.15) is 0 Å². The Labute approximate surface area is 121 Å². The van der Waals surface area contributed by atoms with E-state index in [0.29, 0.717) is 18.5 Å². The SMILES string of the molecule is O=C(CN1CCCCC1C1CCCC1O)NCC1CC1. The van der Waals surface area contributed by atoms with Crippen LogP contribution in [0.15, 0.2) is 0 Å².